The molecule has 80 valence electrons. The molecule has 0 saturated carbocycles. The van der Waals surface area contributed by atoms with E-state index in [-0.39, 0.29) is 11.7 Å². The summed E-state index contributed by atoms with van der Waals surface area (Å²) in [7, 11) is 0. The Hall–Kier alpha value is -1.33. The zero-order valence-corrected chi connectivity index (χ0v) is 9.23. The Morgan fingerprint density at radius 2 is 2.13 bits per heavy atom. The standard InChI is InChI=1S/C9H9ClN2O2S/c10-6-3-1-2-4-7(6)12-9(15)11-5-8(13)14/h1-4H,5H2,(H,13,14)(H2,11,12,15). The Balaban J connectivity index is 2.52. The average molecular weight is 245 g/mol. The van der Waals surface area contributed by atoms with Gasteiger partial charge in [-0.2, -0.15) is 0 Å². The first-order valence-electron chi connectivity index (χ1n) is 4.11. The predicted molar refractivity (Wildman–Crippen MR) is 63.3 cm³/mol. The molecule has 0 unspecified atom stereocenters. The van der Waals surface area contributed by atoms with Crippen molar-refractivity contribution in [1.82, 2.24) is 5.32 Å². The van der Waals surface area contributed by atoms with Crippen molar-refractivity contribution in [3.05, 3.63) is 29.3 Å². The summed E-state index contributed by atoms with van der Waals surface area (Å²) >= 11 is 10.7. The average Bonchev–Trinajstić information content (AvgIpc) is 2.18. The van der Waals surface area contributed by atoms with Gasteiger partial charge in [0, 0.05) is 0 Å². The maximum atomic E-state index is 10.2. The maximum Gasteiger partial charge on any atom is 0.322 e. The van der Waals surface area contributed by atoms with Gasteiger partial charge in [-0.25, -0.2) is 0 Å². The lowest BCUT2D eigenvalue weighted by atomic mass is 10.3. The molecule has 4 nitrogen and oxygen atoms in total. The molecule has 0 aliphatic rings. The molecule has 1 aromatic carbocycles. The Bertz CT molecular complexity index is 384. The number of thiocarbonyl (C=S) groups is 1. The molecular formula is C9H9ClN2O2S. The number of nitrogens with one attached hydrogen (secondary N) is 2. The fourth-order valence-electron chi connectivity index (χ4n) is 0.885. The van der Waals surface area contributed by atoms with Crippen LogP contribution >= 0.6 is 23.8 Å². The van der Waals surface area contributed by atoms with Crippen LogP contribution in [0.15, 0.2) is 24.3 Å². The number of halogens is 1. The summed E-state index contributed by atoms with van der Waals surface area (Å²) in [5.41, 5.74) is 0.641. The van der Waals surface area contributed by atoms with Gasteiger partial charge in [0.1, 0.15) is 6.54 Å². The van der Waals surface area contributed by atoms with Crippen LogP contribution in [-0.4, -0.2) is 22.7 Å². The SMILES string of the molecule is O=C(O)CNC(=S)Nc1ccccc1Cl. The summed E-state index contributed by atoms with van der Waals surface area (Å²) < 4.78 is 0. The molecule has 0 amide bonds. The van der Waals surface area contributed by atoms with E-state index in [1.807, 2.05) is 0 Å². The van der Waals surface area contributed by atoms with Crippen molar-refractivity contribution >= 4 is 40.6 Å². The van der Waals surface area contributed by atoms with Gasteiger partial charge in [-0.05, 0) is 24.4 Å². The topological polar surface area (TPSA) is 61.4 Å². The van der Waals surface area contributed by atoms with E-state index in [4.69, 9.17) is 28.9 Å². The second-order valence-corrected chi connectivity index (χ2v) is 3.50. The monoisotopic (exact) mass is 244 g/mol. The van der Waals surface area contributed by atoms with Crippen molar-refractivity contribution in [3.8, 4) is 0 Å². The molecule has 0 aromatic heterocycles. The van der Waals surface area contributed by atoms with Crippen molar-refractivity contribution in [2.45, 2.75) is 0 Å². The first kappa shape index (κ1) is 11.7. The highest BCUT2D eigenvalue weighted by Crippen LogP contribution is 2.19. The Labute approximate surface area is 97.2 Å². The third kappa shape index (κ3) is 4.14. The fraction of sp³-hybridized carbons (Fsp3) is 0.111. The molecule has 1 rings (SSSR count). The van der Waals surface area contributed by atoms with Crippen LogP contribution in [0.25, 0.3) is 0 Å². The number of carboxylic acids is 1. The fourth-order valence-corrected chi connectivity index (χ4v) is 1.25. The first-order valence-corrected chi connectivity index (χ1v) is 4.89. The van der Waals surface area contributed by atoms with Gasteiger partial charge in [0.15, 0.2) is 5.11 Å². The van der Waals surface area contributed by atoms with Crippen molar-refractivity contribution < 1.29 is 9.90 Å². The predicted octanol–water partition coefficient (Wildman–Crippen LogP) is 1.71. The minimum Gasteiger partial charge on any atom is -0.480 e. The third-order valence-corrected chi connectivity index (χ3v) is 2.10. The van der Waals surface area contributed by atoms with Gasteiger partial charge < -0.3 is 15.7 Å². The largest absolute Gasteiger partial charge is 0.480 e. The van der Waals surface area contributed by atoms with Gasteiger partial charge in [0.2, 0.25) is 0 Å². The number of rotatable bonds is 3. The van der Waals surface area contributed by atoms with Gasteiger partial charge >= 0.3 is 5.97 Å². The lowest BCUT2D eigenvalue weighted by Gasteiger charge is -2.09. The van der Waals surface area contributed by atoms with Crippen molar-refractivity contribution in [1.29, 1.82) is 0 Å². The van der Waals surface area contributed by atoms with Gasteiger partial charge in [-0.1, -0.05) is 23.7 Å². The van der Waals surface area contributed by atoms with Crippen LogP contribution in [0.4, 0.5) is 5.69 Å². The van der Waals surface area contributed by atoms with Crippen LogP contribution in [0.3, 0.4) is 0 Å². The van der Waals surface area contributed by atoms with E-state index < -0.39 is 5.97 Å². The first-order chi connectivity index (χ1) is 7.09. The Morgan fingerprint density at radius 3 is 2.73 bits per heavy atom. The number of para-hydroxylation sites is 1. The zero-order valence-electron chi connectivity index (χ0n) is 7.66. The minimum atomic E-state index is -0.974. The number of anilines is 1. The third-order valence-electron chi connectivity index (χ3n) is 1.52. The minimum absolute atomic E-state index is 0.226. The number of benzene rings is 1. The Kier molecular flexibility index (Phi) is 4.33. The summed E-state index contributed by atoms with van der Waals surface area (Å²) in [6.07, 6.45) is 0. The van der Waals surface area contributed by atoms with E-state index in [9.17, 15) is 4.79 Å². The van der Waals surface area contributed by atoms with Gasteiger partial charge in [-0.15, -0.1) is 0 Å². The molecule has 1 aromatic rings. The molecule has 0 heterocycles. The zero-order chi connectivity index (χ0) is 11.3. The number of carboxylic acid groups (broad SMARTS) is 1. The summed E-state index contributed by atoms with van der Waals surface area (Å²) in [5, 5.41) is 14.5. The second-order valence-electron chi connectivity index (χ2n) is 2.68. The summed E-state index contributed by atoms with van der Waals surface area (Å²) in [6, 6.07) is 7.05. The van der Waals surface area contributed by atoms with Crippen molar-refractivity contribution in [3.63, 3.8) is 0 Å². The highest BCUT2D eigenvalue weighted by molar-refractivity contribution is 7.80. The van der Waals surface area contributed by atoms with Crippen LogP contribution in [0.2, 0.25) is 5.02 Å². The molecule has 0 aliphatic carbocycles. The van der Waals surface area contributed by atoms with E-state index in [1.54, 1.807) is 24.3 Å². The lowest BCUT2D eigenvalue weighted by Crippen LogP contribution is -2.32. The molecule has 0 bridgehead atoms. The molecule has 0 spiro atoms. The molecule has 6 heteroatoms. The molecule has 3 N–H and O–H groups in total. The summed E-state index contributed by atoms with van der Waals surface area (Å²) in [4.78, 5) is 10.2. The van der Waals surface area contributed by atoms with Gasteiger partial charge in [0.25, 0.3) is 0 Å². The maximum absolute atomic E-state index is 10.2. The highest BCUT2D eigenvalue weighted by atomic mass is 35.5. The molecule has 0 aliphatic heterocycles. The number of aliphatic carboxylic acids is 1. The van der Waals surface area contributed by atoms with Crippen LogP contribution < -0.4 is 10.6 Å². The number of hydrogen-bond donors (Lipinski definition) is 3. The quantitative estimate of drug-likeness (QED) is 0.707. The van der Waals surface area contributed by atoms with E-state index >= 15 is 0 Å². The molecule has 0 atom stereocenters. The van der Waals surface area contributed by atoms with Crippen LogP contribution in [-0.2, 0) is 4.79 Å². The van der Waals surface area contributed by atoms with E-state index in [2.05, 4.69) is 10.6 Å². The smallest absolute Gasteiger partial charge is 0.322 e. The van der Waals surface area contributed by atoms with E-state index in [1.165, 1.54) is 0 Å². The van der Waals surface area contributed by atoms with Crippen LogP contribution in [0, 0.1) is 0 Å². The molecule has 0 radical (unpaired) electrons. The molecule has 0 fully saturated rings. The van der Waals surface area contributed by atoms with E-state index in [0.29, 0.717) is 10.7 Å². The Morgan fingerprint density at radius 1 is 1.47 bits per heavy atom. The van der Waals surface area contributed by atoms with Crippen LogP contribution in [0.5, 0.6) is 0 Å². The van der Waals surface area contributed by atoms with Gasteiger partial charge in [0.05, 0.1) is 10.7 Å². The summed E-state index contributed by atoms with van der Waals surface area (Å²) in [5.74, 6) is -0.974. The van der Waals surface area contributed by atoms with Crippen molar-refractivity contribution in [2.75, 3.05) is 11.9 Å². The molecule has 15 heavy (non-hydrogen) atoms. The molecule has 0 saturated heterocycles. The van der Waals surface area contributed by atoms with Crippen LogP contribution in [0.1, 0.15) is 0 Å². The second kappa shape index (κ2) is 5.53. The normalized spacial score (nSPS) is 9.40. The lowest BCUT2D eigenvalue weighted by molar-refractivity contribution is -0.135. The molecular weight excluding hydrogens is 236 g/mol. The summed E-state index contributed by atoms with van der Waals surface area (Å²) in [6.45, 7) is -0.226. The van der Waals surface area contributed by atoms with E-state index in [0.717, 1.165) is 0 Å². The van der Waals surface area contributed by atoms with Gasteiger partial charge in [-0.3, -0.25) is 4.79 Å². The van der Waals surface area contributed by atoms with Crippen molar-refractivity contribution in [2.24, 2.45) is 0 Å². The highest BCUT2D eigenvalue weighted by Gasteiger charge is 2.02. The number of hydrogen-bond acceptors (Lipinski definition) is 2. The number of carbonyl (C=O) groups is 1.